The summed E-state index contributed by atoms with van der Waals surface area (Å²) in [6, 6.07) is 4.65. The molecule has 1 aliphatic rings. The molecule has 1 N–H and O–H groups in total. The van der Waals surface area contributed by atoms with Crippen LogP contribution in [0.2, 0.25) is 0 Å². The van der Waals surface area contributed by atoms with Gasteiger partial charge in [0.25, 0.3) is 5.69 Å². The Morgan fingerprint density at radius 2 is 2.44 bits per heavy atom. The van der Waals surface area contributed by atoms with Crippen LogP contribution >= 0.6 is 0 Å². The van der Waals surface area contributed by atoms with Crippen molar-refractivity contribution in [1.82, 2.24) is 0 Å². The van der Waals surface area contributed by atoms with Crippen molar-refractivity contribution in [2.24, 2.45) is 0 Å². The zero-order valence-corrected chi connectivity index (χ0v) is 10.2. The number of nitro groups is 1. The summed E-state index contributed by atoms with van der Waals surface area (Å²) in [6.07, 6.45) is 2.17. The smallest absolute Gasteiger partial charge is 0.292 e. The quantitative estimate of drug-likeness (QED) is 0.642. The van der Waals surface area contributed by atoms with E-state index in [2.05, 4.69) is 5.32 Å². The van der Waals surface area contributed by atoms with Gasteiger partial charge in [-0.2, -0.15) is 0 Å². The maximum atomic E-state index is 10.9. The minimum atomic E-state index is -0.405. The van der Waals surface area contributed by atoms with Gasteiger partial charge in [-0.1, -0.05) is 0 Å². The maximum Gasteiger partial charge on any atom is 0.292 e. The summed E-state index contributed by atoms with van der Waals surface area (Å²) in [7, 11) is 1.53. The van der Waals surface area contributed by atoms with Crippen LogP contribution in [0, 0.1) is 10.1 Å². The van der Waals surface area contributed by atoms with Crippen LogP contribution < -0.4 is 10.1 Å². The Hall–Kier alpha value is -1.82. The molecule has 0 aromatic heterocycles. The third-order valence-corrected chi connectivity index (χ3v) is 2.94. The number of nitrogens with one attached hydrogen (secondary N) is 1. The third kappa shape index (κ3) is 2.89. The second-order valence-corrected chi connectivity index (χ2v) is 4.16. The molecule has 6 nitrogen and oxygen atoms in total. The molecule has 1 aromatic carbocycles. The van der Waals surface area contributed by atoms with Gasteiger partial charge < -0.3 is 14.8 Å². The predicted molar refractivity (Wildman–Crippen MR) is 67.1 cm³/mol. The molecular formula is C12H16N2O4. The van der Waals surface area contributed by atoms with E-state index in [1.807, 2.05) is 0 Å². The summed E-state index contributed by atoms with van der Waals surface area (Å²) in [6.45, 7) is 1.35. The highest BCUT2D eigenvalue weighted by atomic mass is 16.6. The van der Waals surface area contributed by atoms with Crippen molar-refractivity contribution >= 4 is 11.4 Å². The van der Waals surface area contributed by atoms with E-state index in [4.69, 9.17) is 9.47 Å². The molecule has 1 fully saturated rings. The molecule has 0 spiro atoms. The van der Waals surface area contributed by atoms with Gasteiger partial charge in [-0.05, 0) is 18.9 Å². The van der Waals surface area contributed by atoms with Gasteiger partial charge in [0.1, 0.15) is 11.4 Å². The topological polar surface area (TPSA) is 73.6 Å². The number of nitrogens with zero attached hydrogens (tertiary/aromatic N) is 1. The van der Waals surface area contributed by atoms with E-state index < -0.39 is 4.92 Å². The highest BCUT2D eigenvalue weighted by Gasteiger charge is 2.18. The molecular weight excluding hydrogens is 236 g/mol. The monoisotopic (exact) mass is 252 g/mol. The molecule has 1 saturated heterocycles. The summed E-state index contributed by atoms with van der Waals surface area (Å²) in [5, 5.41) is 14.0. The minimum absolute atomic E-state index is 0.0498. The number of benzene rings is 1. The first-order chi connectivity index (χ1) is 8.70. The Bertz CT molecular complexity index is 430. The fourth-order valence-electron chi connectivity index (χ4n) is 1.97. The van der Waals surface area contributed by atoms with Gasteiger partial charge in [0, 0.05) is 25.3 Å². The summed E-state index contributed by atoms with van der Waals surface area (Å²) >= 11 is 0. The normalized spacial score (nSPS) is 18.6. The first kappa shape index (κ1) is 12.6. The van der Waals surface area contributed by atoms with Crippen LogP contribution in [0.1, 0.15) is 12.8 Å². The Kier molecular flexibility index (Phi) is 3.99. The molecule has 1 heterocycles. The van der Waals surface area contributed by atoms with Gasteiger partial charge >= 0.3 is 0 Å². The fourth-order valence-corrected chi connectivity index (χ4v) is 1.97. The molecule has 0 bridgehead atoms. The molecule has 1 aliphatic heterocycles. The summed E-state index contributed by atoms with van der Waals surface area (Å²) in [4.78, 5) is 10.5. The lowest BCUT2D eigenvalue weighted by molar-refractivity contribution is -0.384. The Morgan fingerprint density at radius 1 is 1.61 bits per heavy atom. The van der Waals surface area contributed by atoms with E-state index >= 15 is 0 Å². The van der Waals surface area contributed by atoms with Crippen LogP contribution in [0.3, 0.4) is 0 Å². The van der Waals surface area contributed by atoms with Crippen molar-refractivity contribution in [3.63, 3.8) is 0 Å². The number of hydrogen-bond acceptors (Lipinski definition) is 5. The van der Waals surface area contributed by atoms with Gasteiger partial charge in [-0.15, -0.1) is 0 Å². The third-order valence-electron chi connectivity index (χ3n) is 2.94. The highest BCUT2D eigenvalue weighted by molar-refractivity contribution is 5.64. The standard InChI is InChI=1S/C12H16N2O4/c1-17-9-4-5-12(14(15)16)11(7-9)13-8-10-3-2-6-18-10/h4-5,7,10,13H,2-3,6,8H2,1H3. The molecule has 98 valence electrons. The molecule has 0 aliphatic carbocycles. The van der Waals surface area contributed by atoms with Crippen molar-refractivity contribution in [1.29, 1.82) is 0 Å². The second kappa shape index (κ2) is 5.68. The van der Waals surface area contributed by atoms with E-state index in [1.54, 1.807) is 12.1 Å². The zero-order chi connectivity index (χ0) is 13.0. The Morgan fingerprint density at radius 3 is 3.06 bits per heavy atom. The number of hydrogen-bond donors (Lipinski definition) is 1. The van der Waals surface area contributed by atoms with E-state index in [0.29, 0.717) is 18.0 Å². The Labute approximate surface area is 105 Å². The van der Waals surface area contributed by atoms with Gasteiger partial charge in [0.05, 0.1) is 18.1 Å². The second-order valence-electron chi connectivity index (χ2n) is 4.16. The molecule has 2 rings (SSSR count). The number of ether oxygens (including phenoxy) is 2. The van der Waals surface area contributed by atoms with Gasteiger partial charge in [-0.25, -0.2) is 0 Å². The molecule has 18 heavy (non-hydrogen) atoms. The maximum absolute atomic E-state index is 10.9. The van der Waals surface area contributed by atoms with Gasteiger partial charge in [0.2, 0.25) is 0 Å². The summed E-state index contributed by atoms with van der Waals surface area (Å²) < 4.78 is 10.5. The van der Waals surface area contributed by atoms with E-state index in [9.17, 15) is 10.1 Å². The first-order valence-corrected chi connectivity index (χ1v) is 5.88. The lowest BCUT2D eigenvalue weighted by Gasteiger charge is -2.12. The van der Waals surface area contributed by atoms with Gasteiger partial charge in [0.15, 0.2) is 0 Å². The van der Waals surface area contributed by atoms with Crippen LogP contribution in [0.25, 0.3) is 0 Å². The lowest BCUT2D eigenvalue weighted by atomic mass is 10.2. The van der Waals surface area contributed by atoms with Crippen LogP contribution in [0.4, 0.5) is 11.4 Å². The number of rotatable bonds is 5. The number of anilines is 1. The van der Waals surface area contributed by atoms with Crippen molar-refractivity contribution in [2.45, 2.75) is 18.9 Å². The Balaban J connectivity index is 2.10. The molecule has 0 radical (unpaired) electrons. The largest absolute Gasteiger partial charge is 0.497 e. The molecule has 1 unspecified atom stereocenters. The number of methoxy groups -OCH3 is 1. The van der Waals surface area contributed by atoms with Gasteiger partial charge in [-0.3, -0.25) is 10.1 Å². The molecule has 0 amide bonds. The molecule has 1 atom stereocenters. The van der Waals surface area contributed by atoms with Crippen molar-refractivity contribution in [3.8, 4) is 5.75 Å². The number of nitro benzene ring substituents is 1. The molecule has 0 saturated carbocycles. The first-order valence-electron chi connectivity index (χ1n) is 5.88. The molecule has 1 aromatic rings. The van der Waals surface area contributed by atoms with E-state index in [1.165, 1.54) is 13.2 Å². The van der Waals surface area contributed by atoms with Crippen molar-refractivity contribution in [3.05, 3.63) is 28.3 Å². The van der Waals surface area contributed by atoms with Crippen LogP contribution in [0.5, 0.6) is 5.75 Å². The fraction of sp³-hybridized carbons (Fsp3) is 0.500. The lowest BCUT2D eigenvalue weighted by Crippen LogP contribution is -2.18. The van der Waals surface area contributed by atoms with Crippen LogP contribution in [-0.4, -0.2) is 31.3 Å². The predicted octanol–water partition coefficient (Wildman–Crippen LogP) is 2.19. The average molecular weight is 252 g/mol. The molecule has 6 heteroatoms. The van der Waals surface area contributed by atoms with Crippen LogP contribution in [0.15, 0.2) is 18.2 Å². The summed E-state index contributed by atoms with van der Waals surface area (Å²) in [5.41, 5.74) is 0.517. The zero-order valence-electron chi connectivity index (χ0n) is 10.2. The van der Waals surface area contributed by atoms with Crippen molar-refractivity contribution in [2.75, 3.05) is 25.6 Å². The van der Waals surface area contributed by atoms with E-state index in [-0.39, 0.29) is 11.8 Å². The highest BCUT2D eigenvalue weighted by Crippen LogP contribution is 2.29. The summed E-state index contributed by atoms with van der Waals surface area (Å²) in [5.74, 6) is 0.593. The SMILES string of the molecule is COc1ccc([N+](=O)[O-])c(NCC2CCCO2)c1. The average Bonchev–Trinajstić information content (AvgIpc) is 2.88. The van der Waals surface area contributed by atoms with E-state index in [0.717, 1.165) is 19.4 Å². The minimum Gasteiger partial charge on any atom is -0.497 e. The van der Waals surface area contributed by atoms with Crippen LogP contribution in [-0.2, 0) is 4.74 Å². The van der Waals surface area contributed by atoms with Crippen molar-refractivity contribution < 1.29 is 14.4 Å².